The van der Waals surface area contributed by atoms with Crippen LogP contribution in [0.3, 0.4) is 0 Å². The average molecular weight is 274 g/mol. The van der Waals surface area contributed by atoms with E-state index in [0.717, 1.165) is 16.7 Å². The Balaban J connectivity index is 2.24. The highest BCUT2D eigenvalue weighted by molar-refractivity contribution is 5.88. The molecule has 0 aliphatic carbocycles. The fourth-order valence-corrected chi connectivity index (χ4v) is 2.23. The Kier molecular flexibility index (Phi) is 4.02. The molecule has 1 N–H and O–H groups in total. The third-order valence-electron chi connectivity index (χ3n) is 2.90. The van der Waals surface area contributed by atoms with Gasteiger partial charge in [-0.3, -0.25) is 4.79 Å². The molecule has 0 unspecified atom stereocenters. The molecule has 1 aromatic carbocycles. The number of nitrogens with zero attached hydrogens (tertiary/aromatic N) is 1. The van der Waals surface area contributed by atoms with E-state index >= 15 is 0 Å². The number of aromatic nitrogens is 1. The number of carbonyl (C=O) groups is 1. The molecule has 4 heteroatoms. The molecule has 0 saturated heterocycles. The van der Waals surface area contributed by atoms with Crippen LogP contribution in [0.25, 0.3) is 10.9 Å². The molecule has 0 bridgehead atoms. The van der Waals surface area contributed by atoms with Crippen LogP contribution in [0.4, 0.5) is 0 Å². The molecule has 2 rings (SSSR count). The van der Waals surface area contributed by atoms with Crippen molar-refractivity contribution >= 4 is 16.8 Å². The lowest BCUT2D eigenvalue weighted by atomic mass is 10.1. The van der Waals surface area contributed by atoms with E-state index < -0.39 is 0 Å². The van der Waals surface area contributed by atoms with Crippen LogP contribution in [-0.2, 0) is 11.3 Å². The molecule has 0 aliphatic heterocycles. The van der Waals surface area contributed by atoms with Crippen LogP contribution >= 0.6 is 0 Å². The molecule has 0 atom stereocenters. The van der Waals surface area contributed by atoms with Crippen LogP contribution in [-0.4, -0.2) is 22.6 Å². The summed E-state index contributed by atoms with van der Waals surface area (Å²) in [5.74, 6) is 0.872. The topological polar surface area (TPSA) is 43.3 Å². The van der Waals surface area contributed by atoms with Crippen molar-refractivity contribution in [3.05, 3.63) is 30.5 Å². The van der Waals surface area contributed by atoms with E-state index in [1.54, 1.807) is 0 Å². The quantitative estimate of drug-likeness (QED) is 0.931. The molecule has 108 valence electrons. The second-order valence-electron chi connectivity index (χ2n) is 5.86. The van der Waals surface area contributed by atoms with Crippen molar-refractivity contribution in [3.63, 3.8) is 0 Å². The number of amides is 1. The number of nitrogens with one attached hydrogen (secondary N) is 1. The highest BCUT2D eigenvalue weighted by atomic mass is 16.5. The number of hydrogen-bond acceptors (Lipinski definition) is 2. The fraction of sp³-hybridized carbons (Fsp3) is 0.438. The maximum absolute atomic E-state index is 12.0. The van der Waals surface area contributed by atoms with Gasteiger partial charge in [-0.05, 0) is 45.9 Å². The number of benzene rings is 1. The summed E-state index contributed by atoms with van der Waals surface area (Å²) in [5.41, 5.74) is 0.802. The van der Waals surface area contributed by atoms with Gasteiger partial charge in [0.05, 0.1) is 12.1 Å². The summed E-state index contributed by atoms with van der Waals surface area (Å²) in [6, 6.07) is 7.89. The third kappa shape index (κ3) is 3.32. The van der Waals surface area contributed by atoms with Gasteiger partial charge in [0.25, 0.3) is 0 Å². The smallest absolute Gasteiger partial charge is 0.240 e. The molecule has 2 aromatic rings. The van der Waals surface area contributed by atoms with Crippen molar-refractivity contribution in [1.29, 1.82) is 0 Å². The molecule has 1 heterocycles. The van der Waals surface area contributed by atoms with Gasteiger partial charge in [-0.15, -0.1) is 0 Å². The molecule has 0 radical (unpaired) electrons. The van der Waals surface area contributed by atoms with Crippen LogP contribution in [0.5, 0.6) is 5.75 Å². The van der Waals surface area contributed by atoms with E-state index in [2.05, 4.69) is 5.32 Å². The summed E-state index contributed by atoms with van der Waals surface area (Å²) < 4.78 is 7.55. The minimum absolute atomic E-state index is 0.0109. The Morgan fingerprint density at radius 3 is 2.70 bits per heavy atom. The number of fused-ring (bicyclic) bond motifs is 1. The first kappa shape index (κ1) is 14.4. The van der Waals surface area contributed by atoms with Crippen molar-refractivity contribution in [1.82, 2.24) is 9.88 Å². The SMILES string of the molecule is CCOc1cccc2c1ccn2CC(=O)NC(C)(C)C. The number of hydrogen-bond donors (Lipinski definition) is 1. The van der Waals surface area contributed by atoms with Crippen molar-refractivity contribution in [2.45, 2.75) is 39.8 Å². The molecule has 0 fully saturated rings. The van der Waals surface area contributed by atoms with Gasteiger partial charge in [0, 0.05) is 17.1 Å². The zero-order chi connectivity index (χ0) is 14.8. The molecule has 0 spiro atoms. The monoisotopic (exact) mass is 274 g/mol. The van der Waals surface area contributed by atoms with Crippen molar-refractivity contribution in [2.24, 2.45) is 0 Å². The normalized spacial score (nSPS) is 11.6. The maximum Gasteiger partial charge on any atom is 0.240 e. The van der Waals surface area contributed by atoms with Gasteiger partial charge in [-0.25, -0.2) is 0 Å². The number of carbonyl (C=O) groups excluding carboxylic acids is 1. The molecule has 1 amide bonds. The zero-order valence-corrected chi connectivity index (χ0v) is 12.6. The van der Waals surface area contributed by atoms with Gasteiger partial charge in [-0.1, -0.05) is 6.07 Å². The van der Waals surface area contributed by atoms with Crippen LogP contribution in [0.15, 0.2) is 30.5 Å². The molecule has 1 aromatic heterocycles. The van der Waals surface area contributed by atoms with Gasteiger partial charge in [0.2, 0.25) is 5.91 Å². The van der Waals surface area contributed by atoms with Crippen molar-refractivity contribution in [3.8, 4) is 5.75 Å². The van der Waals surface area contributed by atoms with Gasteiger partial charge in [0.1, 0.15) is 12.3 Å². The summed E-state index contributed by atoms with van der Waals surface area (Å²) in [6.45, 7) is 8.85. The number of rotatable bonds is 4. The molecular formula is C16H22N2O2. The van der Waals surface area contributed by atoms with Crippen LogP contribution in [0.1, 0.15) is 27.7 Å². The van der Waals surface area contributed by atoms with E-state index in [9.17, 15) is 4.79 Å². The van der Waals surface area contributed by atoms with Crippen molar-refractivity contribution < 1.29 is 9.53 Å². The Labute approximate surface area is 119 Å². The lowest BCUT2D eigenvalue weighted by molar-refractivity contribution is -0.123. The summed E-state index contributed by atoms with van der Waals surface area (Å²) >= 11 is 0. The lowest BCUT2D eigenvalue weighted by Gasteiger charge is -2.20. The fourth-order valence-electron chi connectivity index (χ4n) is 2.23. The Hall–Kier alpha value is -1.97. The largest absolute Gasteiger partial charge is 0.493 e. The lowest BCUT2D eigenvalue weighted by Crippen LogP contribution is -2.42. The first-order chi connectivity index (χ1) is 9.40. The zero-order valence-electron chi connectivity index (χ0n) is 12.6. The van der Waals surface area contributed by atoms with E-state index in [1.807, 2.05) is 62.7 Å². The summed E-state index contributed by atoms with van der Waals surface area (Å²) in [4.78, 5) is 12.0. The Morgan fingerprint density at radius 2 is 2.05 bits per heavy atom. The first-order valence-corrected chi connectivity index (χ1v) is 6.92. The van der Waals surface area contributed by atoms with E-state index in [0.29, 0.717) is 13.2 Å². The van der Waals surface area contributed by atoms with Gasteiger partial charge in [0.15, 0.2) is 0 Å². The summed E-state index contributed by atoms with van der Waals surface area (Å²) in [6.07, 6.45) is 1.93. The molecular weight excluding hydrogens is 252 g/mol. The average Bonchev–Trinajstić information content (AvgIpc) is 2.71. The van der Waals surface area contributed by atoms with E-state index in [-0.39, 0.29) is 11.4 Å². The van der Waals surface area contributed by atoms with E-state index in [1.165, 1.54) is 0 Å². The maximum atomic E-state index is 12.0. The number of ether oxygens (including phenoxy) is 1. The van der Waals surface area contributed by atoms with Gasteiger partial charge >= 0.3 is 0 Å². The predicted molar refractivity (Wildman–Crippen MR) is 81.0 cm³/mol. The first-order valence-electron chi connectivity index (χ1n) is 6.92. The summed E-state index contributed by atoms with van der Waals surface area (Å²) in [7, 11) is 0. The minimum Gasteiger partial charge on any atom is -0.493 e. The Morgan fingerprint density at radius 1 is 1.30 bits per heavy atom. The second-order valence-corrected chi connectivity index (χ2v) is 5.86. The third-order valence-corrected chi connectivity index (χ3v) is 2.90. The standard InChI is InChI=1S/C16H22N2O2/c1-5-20-14-8-6-7-13-12(14)9-10-18(13)11-15(19)17-16(2,3)4/h6-10H,5,11H2,1-4H3,(H,17,19). The molecule has 0 saturated carbocycles. The predicted octanol–water partition coefficient (Wildman–Crippen LogP) is 2.95. The summed E-state index contributed by atoms with van der Waals surface area (Å²) in [5, 5.41) is 4.01. The van der Waals surface area contributed by atoms with Gasteiger partial charge < -0.3 is 14.6 Å². The highest BCUT2D eigenvalue weighted by Crippen LogP contribution is 2.26. The van der Waals surface area contributed by atoms with E-state index in [4.69, 9.17) is 4.74 Å². The van der Waals surface area contributed by atoms with Crippen molar-refractivity contribution in [2.75, 3.05) is 6.61 Å². The molecule has 4 nitrogen and oxygen atoms in total. The van der Waals surface area contributed by atoms with Crippen LogP contribution in [0.2, 0.25) is 0 Å². The second kappa shape index (κ2) is 5.57. The van der Waals surface area contributed by atoms with Crippen LogP contribution < -0.4 is 10.1 Å². The van der Waals surface area contributed by atoms with Gasteiger partial charge in [-0.2, -0.15) is 0 Å². The molecule has 20 heavy (non-hydrogen) atoms. The highest BCUT2D eigenvalue weighted by Gasteiger charge is 2.15. The Bertz CT molecular complexity index is 608. The minimum atomic E-state index is -0.212. The molecule has 0 aliphatic rings. The van der Waals surface area contributed by atoms with Crippen LogP contribution in [0, 0.1) is 0 Å².